The molecule has 3 heterocycles. The number of ether oxygens (including phenoxy) is 2. The number of fused-ring (bicyclic) bond motifs is 1. The molecule has 4 rings (SSSR count). The van der Waals surface area contributed by atoms with E-state index in [2.05, 4.69) is 21.9 Å². The van der Waals surface area contributed by atoms with Crippen LogP contribution in [-0.4, -0.2) is 64.9 Å². The van der Waals surface area contributed by atoms with E-state index < -0.39 is 0 Å². The van der Waals surface area contributed by atoms with Crippen LogP contribution < -0.4 is 10.3 Å². The van der Waals surface area contributed by atoms with Crippen molar-refractivity contribution in [1.82, 2.24) is 19.7 Å². The molecule has 1 fully saturated rings. The minimum atomic E-state index is -0.202. The van der Waals surface area contributed by atoms with Crippen molar-refractivity contribution in [1.29, 1.82) is 0 Å². The standard InChI is InChI=1S/C25H32N4O4/c1-4-6-20-19-15-21(26-25(31)24(19)28(3)27-20)18-14-17(7-8-23(18)33-11-5-2)22(30)16-29-9-12-32-13-10-29/h7-8,14-15H,4-6,9-13,16H2,1-3H3,(H,26,31). The summed E-state index contributed by atoms with van der Waals surface area (Å²) in [6.07, 6.45) is 2.58. The Morgan fingerprint density at radius 2 is 1.97 bits per heavy atom. The van der Waals surface area contributed by atoms with Gasteiger partial charge in [0.15, 0.2) is 5.78 Å². The molecule has 1 N–H and O–H groups in total. The van der Waals surface area contributed by atoms with E-state index in [9.17, 15) is 9.59 Å². The summed E-state index contributed by atoms with van der Waals surface area (Å²) in [5.74, 6) is 0.687. The second-order valence-corrected chi connectivity index (χ2v) is 8.47. The highest BCUT2D eigenvalue weighted by Crippen LogP contribution is 2.32. The lowest BCUT2D eigenvalue weighted by atomic mass is 10.0. The predicted molar refractivity (Wildman–Crippen MR) is 128 cm³/mol. The number of aromatic amines is 1. The Labute approximate surface area is 193 Å². The van der Waals surface area contributed by atoms with Gasteiger partial charge in [0.25, 0.3) is 5.56 Å². The smallest absolute Gasteiger partial charge is 0.274 e. The fourth-order valence-corrected chi connectivity index (χ4v) is 4.25. The number of morpholine rings is 1. The van der Waals surface area contributed by atoms with E-state index in [0.29, 0.717) is 54.5 Å². The summed E-state index contributed by atoms with van der Waals surface area (Å²) in [4.78, 5) is 31.1. The monoisotopic (exact) mass is 452 g/mol. The summed E-state index contributed by atoms with van der Waals surface area (Å²) in [6, 6.07) is 7.43. The Kier molecular flexibility index (Phi) is 7.25. The molecule has 0 spiro atoms. The van der Waals surface area contributed by atoms with E-state index in [1.807, 2.05) is 25.1 Å². The number of H-pyrrole nitrogens is 1. The zero-order valence-corrected chi connectivity index (χ0v) is 19.6. The molecular weight excluding hydrogens is 420 g/mol. The van der Waals surface area contributed by atoms with Crippen LogP contribution in [0.15, 0.2) is 29.1 Å². The van der Waals surface area contributed by atoms with Gasteiger partial charge in [-0.2, -0.15) is 5.10 Å². The normalized spacial score (nSPS) is 14.6. The number of hydrogen-bond acceptors (Lipinski definition) is 6. The third-order valence-corrected chi connectivity index (χ3v) is 5.92. The van der Waals surface area contributed by atoms with Crippen molar-refractivity contribution in [2.24, 2.45) is 7.05 Å². The van der Waals surface area contributed by atoms with Gasteiger partial charge in [0.1, 0.15) is 11.3 Å². The van der Waals surface area contributed by atoms with Crippen LogP contribution in [0.4, 0.5) is 0 Å². The Bertz CT molecular complexity index is 1190. The van der Waals surface area contributed by atoms with Gasteiger partial charge in [-0.05, 0) is 37.1 Å². The second-order valence-electron chi connectivity index (χ2n) is 8.47. The number of aryl methyl sites for hydroxylation is 2. The molecule has 0 atom stereocenters. The third-order valence-electron chi connectivity index (χ3n) is 5.92. The topological polar surface area (TPSA) is 89.4 Å². The van der Waals surface area contributed by atoms with Gasteiger partial charge in [-0.25, -0.2) is 0 Å². The lowest BCUT2D eigenvalue weighted by molar-refractivity contribution is 0.0371. The van der Waals surface area contributed by atoms with Crippen LogP contribution in [0.5, 0.6) is 5.75 Å². The number of Topliss-reactive ketones (excluding diaryl/α,β-unsaturated/α-hetero) is 1. The second kappa shape index (κ2) is 10.3. The fraction of sp³-hybridized carbons (Fsp3) is 0.480. The summed E-state index contributed by atoms with van der Waals surface area (Å²) < 4.78 is 13.0. The minimum Gasteiger partial charge on any atom is -0.493 e. The SMILES string of the molecule is CCCOc1ccc(C(=O)CN2CCOCC2)cc1-c1cc2c(CCC)nn(C)c2c(=O)[nH]1. The molecule has 0 aliphatic carbocycles. The average molecular weight is 453 g/mol. The van der Waals surface area contributed by atoms with Gasteiger partial charge in [0.05, 0.1) is 37.8 Å². The van der Waals surface area contributed by atoms with Gasteiger partial charge < -0.3 is 14.5 Å². The number of pyridine rings is 1. The maximum absolute atomic E-state index is 13.0. The van der Waals surface area contributed by atoms with Gasteiger partial charge in [-0.1, -0.05) is 20.3 Å². The van der Waals surface area contributed by atoms with E-state index in [4.69, 9.17) is 9.47 Å². The third kappa shape index (κ3) is 5.02. The predicted octanol–water partition coefficient (Wildman–Crippen LogP) is 3.18. The van der Waals surface area contributed by atoms with Gasteiger partial charge in [0.2, 0.25) is 0 Å². The Hall–Kier alpha value is -2.97. The van der Waals surface area contributed by atoms with E-state index in [-0.39, 0.29) is 11.3 Å². The zero-order valence-electron chi connectivity index (χ0n) is 19.6. The van der Waals surface area contributed by atoms with Crippen molar-refractivity contribution in [2.45, 2.75) is 33.1 Å². The summed E-state index contributed by atoms with van der Waals surface area (Å²) in [6.45, 7) is 7.83. The molecule has 0 radical (unpaired) electrons. The number of carbonyl (C=O) groups excluding carboxylic acids is 1. The van der Waals surface area contributed by atoms with Crippen molar-refractivity contribution < 1.29 is 14.3 Å². The number of ketones is 1. The molecule has 0 unspecified atom stereocenters. The maximum atomic E-state index is 13.0. The van der Waals surface area contributed by atoms with E-state index in [0.717, 1.165) is 43.4 Å². The van der Waals surface area contributed by atoms with Gasteiger partial charge in [-0.15, -0.1) is 0 Å². The molecule has 0 amide bonds. The first-order valence-corrected chi connectivity index (χ1v) is 11.7. The molecule has 8 nitrogen and oxygen atoms in total. The number of nitrogens with zero attached hydrogens (tertiary/aromatic N) is 3. The van der Waals surface area contributed by atoms with E-state index in [1.54, 1.807) is 17.8 Å². The number of aromatic nitrogens is 3. The molecule has 3 aromatic rings. The molecule has 1 saturated heterocycles. The van der Waals surface area contributed by atoms with Crippen LogP contribution in [-0.2, 0) is 18.2 Å². The molecule has 1 aromatic carbocycles. The van der Waals surface area contributed by atoms with Crippen molar-refractivity contribution in [2.75, 3.05) is 39.5 Å². The maximum Gasteiger partial charge on any atom is 0.274 e. The van der Waals surface area contributed by atoms with Crippen molar-refractivity contribution in [3.05, 3.63) is 45.9 Å². The molecule has 1 aliphatic heterocycles. The Balaban J connectivity index is 1.76. The highest BCUT2D eigenvalue weighted by atomic mass is 16.5. The number of rotatable bonds is 9. The molecular formula is C25H32N4O4. The van der Waals surface area contributed by atoms with Gasteiger partial charge >= 0.3 is 0 Å². The molecule has 2 aromatic heterocycles. The average Bonchev–Trinajstić information content (AvgIpc) is 3.14. The number of nitrogens with one attached hydrogen (secondary N) is 1. The fourth-order valence-electron chi connectivity index (χ4n) is 4.25. The zero-order chi connectivity index (χ0) is 23.4. The lowest BCUT2D eigenvalue weighted by Crippen LogP contribution is -2.39. The molecule has 1 aliphatic rings. The highest BCUT2D eigenvalue weighted by Gasteiger charge is 2.19. The van der Waals surface area contributed by atoms with Crippen LogP contribution >= 0.6 is 0 Å². The number of benzene rings is 1. The van der Waals surface area contributed by atoms with Crippen LogP contribution in [0.2, 0.25) is 0 Å². The quantitative estimate of drug-likeness (QED) is 0.502. The van der Waals surface area contributed by atoms with Crippen LogP contribution in [0.1, 0.15) is 42.7 Å². The van der Waals surface area contributed by atoms with Crippen molar-refractivity contribution >= 4 is 16.7 Å². The minimum absolute atomic E-state index is 0.0386. The molecule has 0 saturated carbocycles. The van der Waals surface area contributed by atoms with Gasteiger partial charge in [-0.3, -0.25) is 19.2 Å². The first-order chi connectivity index (χ1) is 16.0. The summed E-state index contributed by atoms with van der Waals surface area (Å²) in [5, 5.41) is 5.39. The first-order valence-electron chi connectivity index (χ1n) is 11.7. The summed E-state index contributed by atoms with van der Waals surface area (Å²) in [5.41, 5.74) is 3.19. The highest BCUT2D eigenvalue weighted by molar-refractivity contribution is 5.99. The summed E-state index contributed by atoms with van der Waals surface area (Å²) >= 11 is 0. The Morgan fingerprint density at radius 3 is 2.70 bits per heavy atom. The van der Waals surface area contributed by atoms with Crippen molar-refractivity contribution in [3.8, 4) is 17.0 Å². The van der Waals surface area contributed by atoms with E-state index in [1.165, 1.54) is 0 Å². The molecule has 8 heteroatoms. The summed E-state index contributed by atoms with van der Waals surface area (Å²) in [7, 11) is 1.79. The molecule has 176 valence electrons. The number of hydrogen-bond donors (Lipinski definition) is 1. The van der Waals surface area contributed by atoms with Crippen molar-refractivity contribution in [3.63, 3.8) is 0 Å². The van der Waals surface area contributed by atoms with E-state index >= 15 is 0 Å². The van der Waals surface area contributed by atoms with Crippen LogP contribution in [0.25, 0.3) is 22.2 Å². The Morgan fingerprint density at radius 1 is 1.18 bits per heavy atom. The molecule has 33 heavy (non-hydrogen) atoms. The lowest BCUT2D eigenvalue weighted by Gasteiger charge is -2.25. The first kappa shape index (κ1) is 23.2. The molecule has 0 bridgehead atoms. The number of carbonyl (C=O) groups is 1. The van der Waals surface area contributed by atoms with Crippen LogP contribution in [0.3, 0.4) is 0 Å². The van der Waals surface area contributed by atoms with Gasteiger partial charge in [0, 0.05) is 36.7 Å². The largest absolute Gasteiger partial charge is 0.493 e. The van der Waals surface area contributed by atoms with Crippen LogP contribution in [0, 0.1) is 0 Å².